The molecule has 1 unspecified atom stereocenters. The second-order valence-electron chi connectivity index (χ2n) is 16.7. The van der Waals surface area contributed by atoms with E-state index in [1.165, 1.54) is 109 Å². The molecule has 0 aromatic heterocycles. The first-order valence-electron chi connectivity index (χ1n) is 25.6. The topological polar surface area (TPSA) is 78.9 Å². The average Bonchev–Trinajstić information content (AvgIpc) is 3.27. The Morgan fingerprint density at radius 1 is 0.339 bits per heavy atom. The molecule has 0 fully saturated rings. The molecule has 0 saturated carbocycles. The minimum atomic E-state index is -0.806. The van der Waals surface area contributed by atoms with Crippen molar-refractivity contribution in [3.8, 4) is 0 Å². The number of esters is 3. The third-order valence-corrected chi connectivity index (χ3v) is 10.6. The van der Waals surface area contributed by atoms with E-state index in [9.17, 15) is 14.4 Å². The number of hydrogen-bond donors (Lipinski definition) is 0. The average molecular weight is 863 g/mol. The fourth-order valence-corrected chi connectivity index (χ4v) is 6.81. The van der Waals surface area contributed by atoms with E-state index in [1.807, 2.05) is 6.08 Å². The lowest BCUT2D eigenvalue weighted by Gasteiger charge is -2.18. The first-order chi connectivity index (χ1) is 30.5. The van der Waals surface area contributed by atoms with Crippen LogP contribution in [0.4, 0.5) is 0 Å². The van der Waals surface area contributed by atoms with E-state index in [2.05, 4.69) is 99.8 Å². The van der Waals surface area contributed by atoms with Gasteiger partial charge in [0.2, 0.25) is 0 Å². The third-order valence-electron chi connectivity index (χ3n) is 10.6. The van der Waals surface area contributed by atoms with E-state index in [0.29, 0.717) is 19.3 Å². The summed E-state index contributed by atoms with van der Waals surface area (Å²) in [5.74, 6) is -0.995. The molecule has 0 radical (unpaired) electrons. The molecule has 6 heteroatoms. The first kappa shape index (κ1) is 58.6. The van der Waals surface area contributed by atoms with Crippen LogP contribution in [0, 0.1) is 0 Å². The highest BCUT2D eigenvalue weighted by molar-refractivity contribution is 5.71. The van der Waals surface area contributed by atoms with Crippen LogP contribution in [0.5, 0.6) is 0 Å². The molecule has 62 heavy (non-hydrogen) atoms. The Kier molecular flexibility index (Phi) is 47.5. The third kappa shape index (κ3) is 47.6. The summed E-state index contributed by atoms with van der Waals surface area (Å²) < 4.78 is 16.7. The van der Waals surface area contributed by atoms with Gasteiger partial charge in [-0.1, -0.05) is 215 Å². The fraction of sp³-hybridized carbons (Fsp3) is 0.696. The van der Waals surface area contributed by atoms with Crippen LogP contribution >= 0.6 is 0 Å². The number of hydrogen-bond acceptors (Lipinski definition) is 6. The van der Waals surface area contributed by atoms with Gasteiger partial charge in [-0.3, -0.25) is 14.4 Å². The van der Waals surface area contributed by atoms with Gasteiger partial charge < -0.3 is 14.2 Å². The van der Waals surface area contributed by atoms with Crippen LogP contribution in [0.1, 0.15) is 233 Å². The summed E-state index contributed by atoms with van der Waals surface area (Å²) in [6.45, 7) is 6.42. The van der Waals surface area contributed by atoms with Gasteiger partial charge in [-0.25, -0.2) is 0 Å². The monoisotopic (exact) mass is 863 g/mol. The lowest BCUT2D eigenvalue weighted by atomic mass is 10.1. The summed E-state index contributed by atoms with van der Waals surface area (Å²) in [5.41, 5.74) is 0. The van der Waals surface area contributed by atoms with Crippen molar-refractivity contribution in [1.29, 1.82) is 0 Å². The molecule has 0 heterocycles. The maximum absolute atomic E-state index is 12.8. The minimum Gasteiger partial charge on any atom is -0.462 e. The SMILES string of the molecule is CC/C=C\C/C=C\C/C=C\C/C=C\C/C=C\C/C=C\CCC(=O)OCC(COC(=O)CCCCCCCCCCCC)OC(=O)CCCCCCCCC/C=C\CCCCCC. The lowest BCUT2D eigenvalue weighted by molar-refractivity contribution is -0.166. The van der Waals surface area contributed by atoms with E-state index in [0.717, 1.165) is 77.0 Å². The molecule has 0 amide bonds. The zero-order chi connectivity index (χ0) is 45.1. The molecule has 0 aliphatic carbocycles. The Morgan fingerprint density at radius 2 is 0.661 bits per heavy atom. The van der Waals surface area contributed by atoms with E-state index >= 15 is 0 Å². The Labute approximate surface area is 382 Å². The van der Waals surface area contributed by atoms with Crippen LogP contribution in [0.15, 0.2) is 85.1 Å². The fourth-order valence-electron chi connectivity index (χ4n) is 6.81. The predicted molar refractivity (Wildman–Crippen MR) is 265 cm³/mol. The van der Waals surface area contributed by atoms with Gasteiger partial charge in [0.05, 0.1) is 0 Å². The van der Waals surface area contributed by atoms with Crippen molar-refractivity contribution in [3.63, 3.8) is 0 Å². The molecule has 0 aromatic rings. The zero-order valence-electron chi connectivity index (χ0n) is 40.4. The standard InChI is InChI=1S/C56H94O6/c1-4-7-10-13-16-19-22-24-26-27-28-29-31-32-34-37-40-43-46-49-55(58)61-52-53(51-60-54(57)48-45-42-39-36-21-18-15-12-9-6-3)62-56(59)50-47-44-41-38-35-33-30-25-23-20-17-14-11-8-5-2/h7,10,16,19-20,23-24,26,28-29,32,34,40,43,53H,4-6,8-9,11-15,17-18,21-22,25,27,30-31,33,35-39,41-42,44-52H2,1-3H3/b10-7-,19-16-,23-20-,26-24-,29-28-,34-32-,43-40-. The van der Waals surface area contributed by atoms with Crippen molar-refractivity contribution in [2.24, 2.45) is 0 Å². The summed E-state index contributed by atoms with van der Waals surface area (Å²) in [6, 6.07) is 0. The van der Waals surface area contributed by atoms with Crippen molar-refractivity contribution < 1.29 is 28.6 Å². The maximum Gasteiger partial charge on any atom is 0.306 e. The largest absolute Gasteiger partial charge is 0.462 e. The molecule has 0 aromatic carbocycles. The Morgan fingerprint density at radius 3 is 1.10 bits per heavy atom. The molecule has 1 atom stereocenters. The van der Waals surface area contributed by atoms with Crippen LogP contribution in [0.25, 0.3) is 0 Å². The van der Waals surface area contributed by atoms with Gasteiger partial charge in [-0.05, 0) is 83.5 Å². The number of allylic oxidation sites excluding steroid dienone is 14. The first-order valence-corrected chi connectivity index (χ1v) is 25.6. The van der Waals surface area contributed by atoms with Gasteiger partial charge >= 0.3 is 17.9 Å². The summed E-state index contributed by atoms with van der Waals surface area (Å²) in [5, 5.41) is 0. The molecule has 354 valence electrons. The van der Waals surface area contributed by atoms with Crippen molar-refractivity contribution in [3.05, 3.63) is 85.1 Å². The quantitative estimate of drug-likeness (QED) is 0.0263. The van der Waals surface area contributed by atoms with Gasteiger partial charge in [0.25, 0.3) is 0 Å². The second-order valence-corrected chi connectivity index (χ2v) is 16.7. The maximum atomic E-state index is 12.8. The van der Waals surface area contributed by atoms with Crippen molar-refractivity contribution in [1.82, 2.24) is 0 Å². The summed E-state index contributed by atoms with van der Waals surface area (Å²) >= 11 is 0. The minimum absolute atomic E-state index is 0.100. The van der Waals surface area contributed by atoms with Crippen molar-refractivity contribution in [2.45, 2.75) is 239 Å². The molecule has 0 aliphatic heterocycles. The van der Waals surface area contributed by atoms with E-state index in [-0.39, 0.29) is 37.5 Å². The molecule has 0 rings (SSSR count). The van der Waals surface area contributed by atoms with Crippen molar-refractivity contribution >= 4 is 17.9 Å². The summed E-state index contributed by atoms with van der Waals surface area (Å²) in [6.07, 6.45) is 64.3. The number of carbonyl (C=O) groups excluding carboxylic acids is 3. The summed E-state index contributed by atoms with van der Waals surface area (Å²) in [7, 11) is 0. The molecule has 0 spiro atoms. The Bertz CT molecular complexity index is 1220. The molecule has 0 bridgehead atoms. The van der Waals surface area contributed by atoms with Crippen LogP contribution in [-0.2, 0) is 28.6 Å². The van der Waals surface area contributed by atoms with E-state index in [1.54, 1.807) is 0 Å². The number of unbranched alkanes of at least 4 members (excludes halogenated alkanes) is 20. The van der Waals surface area contributed by atoms with E-state index < -0.39 is 6.10 Å². The number of ether oxygens (including phenoxy) is 3. The zero-order valence-corrected chi connectivity index (χ0v) is 40.4. The molecule has 0 saturated heterocycles. The highest BCUT2D eigenvalue weighted by Crippen LogP contribution is 2.14. The van der Waals surface area contributed by atoms with Crippen LogP contribution in [0.2, 0.25) is 0 Å². The van der Waals surface area contributed by atoms with Gasteiger partial charge in [0.15, 0.2) is 6.10 Å². The van der Waals surface area contributed by atoms with Gasteiger partial charge in [0, 0.05) is 19.3 Å². The molecule has 0 aliphatic rings. The molecular weight excluding hydrogens is 769 g/mol. The van der Waals surface area contributed by atoms with Crippen LogP contribution in [0.3, 0.4) is 0 Å². The van der Waals surface area contributed by atoms with Crippen LogP contribution in [-0.4, -0.2) is 37.2 Å². The molecule has 0 N–H and O–H groups in total. The molecular formula is C56H94O6. The van der Waals surface area contributed by atoms with Gasteiger partial charge in [-0.2, -0.15) is 0 Å². The highest BCUT2D eigenvalue weighted by atomic mass is 16.6. The molecule has 6 nitrogen and oxygen atoms in total. The lowest BCUT2D eigenvalue weighted by Crippen LogP contribution is -2.30. The van der Waals surface area contributed by atoms with Gasteiger partial charge in [-0.15, -0.1) is 0 Å². The van der Waals surface area contributed by atoms with Crippen LogP contribution < -0.4 is 0 Å². The highest BCUT2D eigenvalue weighted by Gasteiger charge is 2.19. The smallest absolute Gasteiger partial charge is 0.306 e. The number of rotatable bonds is 45. The van der Waals surface area contributed by atoms with E-state index in [4.69, 9.17) is 14.2 Å². The Balaban J connectivity index is 4.47. The normalized spacial score (nSPS) is 12.8. The summed E-state index contributed by atoms with van der Waals surface area (Å²) in [4.78, 5) is 37.9. The van der Waals surface area contributed by atoms with Gasteiger partial charge in [0.1, 0.15) is 13.2 Å². The number of carbonyl (C=O) groups is 3. The van der Waals surface area contributed by atoms with Crippen molar-refractivity contribution in [2.75, 3.05) is 13.2 Å². The Hall–Kier alpha value is -3.41. The second kappa shape index (κ2) is 50.2. The predicted octanol–water partition coefficient (Wildman–Crippen LogP) is 16.8.